The van der Waals surface area contributed by atoms with Gasteiger partial charge in [-0.1, -0.05) is 19.9 Å². The van der Waals surface area contributed by atoms with Crippen LogP contribution in [0.3, 0.4) is 0 Å². The molecule has 20 heavy (non-hydrogen) atoms. The van der Waals surface area contributed by atoms with Crippen molar-refractivity contribution in [2.45, 2.75) is 20.3 Å². The molecule has 0 aliphatic rings. The Kier molecular flexibility index (Phi) is 18.7. The number of aliphatic carboxylic acids is 1. The molecule has 1 heterocycles. The largest absolute Gasteiger partial charge is 1.00 e. The summed E-state index contributed by atoms with van der Waals surface area (Å²) in [5, 5.41) is 10.8. The second kappa shape index (κ2) is 15.1. The molecule has 0 spiro atoms. The molecule has 0 N–H and O–H groups in total. The van der Waals surface area contributed by atoms with E-state index < -0.39 is 5.97 Å². The molecule has 0 unspecified atom stereocenters. The molecule has 1 aromatic heterocycles. The number of hydrogen-bond acceptors (Lipinski definition) is 5. The van der Waals surface area contributed by atoms with Crippen LogP contribution < -0.4 is 64.2 Å². The van der Waals surface area contributed by atoms with Crippen molar-refractivity contribution in [1.82, 2.24) is 4.98 Å². The number of carbonyl (C=O) groups is 1. The first kappa shape index (κ1) is 24.7. The molecule has 0 aliphatic heterocycles. The van der Waals surface area contributed by atoms with E-state index >= 15 is 0 Å². The number of nitrogens with zero attached hydrogens (tertiary/aromatic N) is 1. The van der Waals surface area contributed by atoms with E-state index in [1.54, 1.807) is 18.5 Å². The van der Waals surface area contributed by atoms with E-state index in [4.69, 9.17) is 9.59 Å². The Bertz CT molecular complexity index is 441. The molecule has 1 aromatic rings. The molecule has 0 amide bonds. The van der Waals surface area contributed by atoms with Gasteiger partial charge in [0.15, 0.2) is 0 Å². The van der Waals surface area contributed by atoms with Crippen LogP contribution in [-0.4, -0.2) is 17.1 Å². The van der Waals surface area contributed by atoms with Crippen molar-refractivity contribution >= 4 is 12.1 Å². The van der Waals surface area contributed by atoms with Crippen LogP contribution >= 0.6 is 0 Å². The molecule has 0 bridgehead atoms. The molecule has 5 nitrogen and oxygen atoms in total. The predicted molar refractivity (Wildman–Crippen MR) is 59.5 cm³/mol. The van der Waals surface area contributed by atoms with Crippen LogP contribution in [0.4, 0.5) is 0 Å². The van der Waals surface area contributed by atoms with Crippen LogP contribution in [0.25, 0.3) is 0 Å². The number of hydrogen-bond donors (Lipinski definition) is 0. The van der Waals surface area contributed by atoms with Crippen molar-refractivity contribution in [1.29, 1.82) is 0 Å². The Hall–Kier alpha value is -0.260. The van der Waals surface area contributed by atoms with Gasteiger partial charge in [0, 0.05) is 12.4 Å². The topological polar surface area (TPSA) is 87.2 Å². The molecule has 0 aromatic carbocycles. The van der Waals surface area contributed by atoms with Gasteiger partial charge in [0.05, 0.1) is 0 Å². The molecule has 0 fully saturated rings. The van der Waals surface area contributed by atoms with E-state index in [0.29, 0.717) is 6.42 Å². The first-order chi connectivity index (χ1) is 8.51. The summed E-state index contributed by atoms with van der Waals surface area (Å²) in [6, 6.07) is 3.61. The average molecular weight is 293 g/mol. The average Bonchev–Trinajstić information content (AvgIpc) is 2.30. The number of rotatable bonds is 4. The van der Waals surface area contributed by atoms with Gasteiger partial charge in [-0.3, -0.25) is 11.1 Å². The fraction of sp³-hybridized carbons (Fsp3) is 0.308. The van der Waals surface area contributed by atoms with Crippen LogP contribution in [0, 0.1) is 12.0 Å². The number of pyridine rings is 1. The van der Waals surface area contributed by atoms with Crippen molar-refractivity contribution in [3.05, 3.63) is 41.7 Å². The first-order valence-electron chi connectivity index (χ1n) is 5.23. The Morgan fingerprint density at radius 2 is 1.95 bits per heavy atom. The maximum atomic E-state index is 10.8. The summed E-state index contributed by atoms with van der Waals surface area (Å²) in [5.41, 5.74) is 1.04. The minimum Gasteiger partial charge on any atom is -0.658 e. The summed E-state index contributed by atoms with van der Waals surface area (Å²) in [6.45, 7) is 3.76. The van der Waals surface area contributed by atoms with Gasteiger partial charge < -0.3 is 9.90 Å². The standard InChI is InChI=1S/C12H14NO2.CO2.2Na/c1-9(2)6-11(12(14)15)7-10-4-3-5-13-8-10;2-1-3;;/h3-5,8-9H,7H2,1-2H3,(H,14,15);;;/q-1;;2*+1/p-1. The van der Waals surface area contributed by atoms with E-state index in [0.717, 1.165) is 5.56 Å². The molecule has 0 radical (unpaired) electrons. The zero-order chi connectivity index (χ0) is 14.0. The summed E-state index contributed by atoms with van der Waals surface area (Å²) in [6.07, 6.45) is 6.71. The molecule has 0 saturated carbocycles. The van der Waals surface area contributed by atoms with Gasteiger partial charge in [-0.25, -0.2) is 0 Å². The first-order valence-corrected chi connectivity index (χ1v) is 5.23. The second-order valence-corrected chi connectivity index (χ2v) is 3.69. The fourth-order valence-electron chi connectivity index (χ4n) is 1.24. The third kappa shape index (κ3) is 12.8. The predicted octanol–water partition coefficient (Wildman–Crippen LogP) is -5.82. The van der Waals surface area contributed by atoms with Gasteiger partial charge in [-0.05, 0) is 18.1 Å². The van der Waals surface area contributed by atoms with E-state index in [1.165, 1.54) is 0 Å². The zero-order valence-electron chi connectivity index (χ0n) is 12.2. The normalized spacial score (nSPS) is 9.25. The summed E-state index contributed by atoms with van der Waals surface area (Å²) in [5.74, 6) is -1.08. The van der Waals surface area contributed by atoms with Crippen molar-refractivity contribution in [2.24, 2.45) is 5.92 Å². The molecule has 0 aliphatic carbocycles. The van der Waals surface area contributed by atoms with Crippen molar-refractivity contribution in [3.8, 4) is 0 Å². The van der Waals surface area contributed by atoms with Gasteiger partial charge in [0.1, 0.15) is 0 Å². The van der Waals surface area contributed by atoms with Gasteiger partial charge in [0.2, 0.25) is 0 Å². The number of allylic oxidation sites excluding steroid dienone is 1. The molecule has 0 atom stereocenters. The minimum absolute atomic E-state index is 0. The monoisotopic (exact) mass is 293 g/mol. The quantitative estimate of drug-likeness (QED) is 0.313. The Morgan fingerprint density at radius 3 is 2.30 bits per heavy atom. The smallest absolute Gasteiger partial charge is 0.658 e. The van der Waals surface area contributed by atoms with E-state index in [1.807, 2.05) is 19.9 Å². The van der Waals surface area contributed by atoms with Crippen LogP contribution in [0.1, 0.15) is 19.4 Å². The third-order valence-electron chi connectivity index (χ3n) is 1.81. The van der Waals surface area contributed by atoms with E-state index in [-0.39, 0.29) is 76.8 Å². The van der Waals surface area contributed by atoms with Crippen molar-refractivity contribution in [3.63, 3.8) is 0 Å². The summed E-state index contributed by atoms with van der Waals surface area (Å²) in [7, 11) is 0. The summed E-state index contributed by atoms with van der Waals surface area (Å²) in [4.78, 5) is 31.0. The van der Waals surface area contributed by atoms with Gasteiger partial charge in [0.25, 0.3) is 0 Å². The van der Waals surface area contributed by atoms with Crippen LogP contribution in [-0.2, 0) is 20.8 Å². The zero-order valence-corrected chi connectivity index (χ0v) is 16.2. The van der Waals surface area contributed by atoms with Crippen LogP contribution in [0.15, 0.2) is 30.1 Å². The molecular weight excluding hydrogens is 280 g/mol. The third-order valence-corrected chi connectivity index (χ3v) is 1.81. The summed E-state index contributed by atoms with van der Waals surface area (Å²) >= 11 is 0. The SMILES string of the molecule is CC(C)[C-]=C(Cc1cccnc1)C(=O)[O-].O=C=O.[Na+].[Na+]. The second-order valence-electron chi connectivity index (χ2n) is 3.69. The van der Waals surface area contributed by atoms with Crippen molar-refractivity contribution < 1.29 is 78.6 Å². The van der Waals surface area contributed by atoms with Crippen LogP contribution in [0.5, 0.6) is 0 Å². The maximum absolute atomic E-state index is 10.8. The number of carboxylic acids is 1. The maximum Gasteiger partial charge on any atom is 1.00 e. The Morgan fingerprint density at radius 1 is 1.40 bits per heavy atom. The van der Waals surface area contributed by atoms with E-state index in [2.05, 4.69) is 11.1 Å². The van der Waals surface area contributed by atoms with Gasteiger partial charge in [-0.2, -0.15) is 15.2 Å². The molecule has 1 rings (SSSR count). The fourth-order valence-corrected chi connectivity index (χ4v) is 1.24. The molecule has 0 saturated heterocycles. The Labute approximate surface area is 162 Å². The number of carbonyl (C=O) groups excluding carboxylic acids is 3. The van der Waals surface area contributed by atoms with Gasteiger partial charge in [-0.15, -0.1) is 11.9 Å². The molecule has 7 heteroatoms. The number of aromatic nitrogens is 1. The van der Waals surface area contributed by atoms with Gasteiger partial charge >= 0.3 is 65.3 Å². The van der Waals surface area contributed by atoms with Crippen molar-refractivity contribution in [2.75, 3.05) is 0 Å². The molecular formula is C13H13NNa2O4. The summed E-state index contributed by atoms with van der Waals surface area (Å²) < 4.78 is 0. The Balaban J connectivity index is -0.000000530. The molecule has 96 valence electrons. The van der Waals surface area contributed by atoms with Crippen LogP contribution in [0.2, 0.25) is 0 Å². The number of carboxylic acid groups (broad SMARTS) is 1. The van der Waals surface area contributed by atoms with E-state index in [9.17, 15) is 9.90 Å². The minimum atomic E-state index is -1.16.